The van der Waals surface area contributed by atoms with Crippen molar-refractivity contribution in [3.8, 4) is 0 Å². The van der Waals surface area contributed by atoms with E-state index in [2.05, 4.69) is 27.9 Å². The van der Waals surface area contributed by atoms with Crippen molar-refractivity contribution < 1.29 is 4.79 Å². The minimum absolute atomic E-state index is 0.430. The molecule has 0 aliphatic carbocycles. The van der Waals surface area contributed by atoms with Crippen LogP contribution in [0.3, 0.4) is 0 Å². The van der Waals surface area contributed by atoms with E-state index in [0.717, 1.165) is 50.5 Å². The van der Waals surface area contributed by atoms with Gasteiger partial charge in [-0.1, -0.05) is 29.8 Å². The summed E-state index contributed by atoms with van der Waals surface area (Å²) in [4.78, 5) is 13.3. The normalized spacial score (nSPS) is 16.5. The second-order valence-electron chi connectivity index (χ2n) is 5.52. The van der Waals surface area contributed by atoms with Crippen molar-refractivity contribution >= 4 is 17.6 Å². The Morgan fingerprint density at radius 3 is 2.73 bits per heavy atom. The van der Waals surface area contributed by atoms with Crippen molar-refractivity contribution in [3.05, 3.63) is 34.9 Å². The molecule has 0 unspecified atom stereocenters. The van der Waals surface area contributed by atoms with E-state index in [1.165, 1.54) is 5.56 Å². The molecule has 0 saturated carbocycles. The first-order valence-corrected chi connectivity index (χ1v) is 8.04. The van der Waals surface area contributed by atoms with Crippen LogP contribution < -0.4 is 22.1 Å². The standard InChI is InChI=1S/C15H24ClN5O/c16-14-5-2-1-4-13(14)12-6-10-21(11-7-12)9-3-8-18-20-15(22)19-17/h1-2,4-5,12,18H,3,6-11,17H2,(H2,19,20,22). The Morgan fingerprint density at radius 1 is 1.32 bits per heavy atom. The highest BCUT2D eigenvalue weighted by atomic mass is 35.5. The molecule has 1 aromatic carbocycles. The third-order valence-electron chi connectivity index (χ3n) is 4.04. The first kappa shape index (κ1) is 17.0. The number of benzene rings is 1. The van der Waals surface area contributed by atoms with E-state index in [1.54, 1.807) is 0 Å². The number of nitrogens with two attached hydrogens (primary N) is 1. The van der Waals surface area contributed by atoms with Crippen molar-refractivity contribution in [1.82, 2.24) is 21.2 Å². The fourth-order valence-electron chi connectivity index (χ4n) is 2.84. The fourth-order valence-corrected chi connectivity index (χ4v) is 3.13. The molecule has 5 N–H and O–H groups in total. The molecular weight excluding hydrogens is 302 g/mol. The lowest BCUT2D eigenvalue weighted by Gasteiger charge is -2.32. The first-order chi connectivity index (χ1) is 10.7. The van der Waals surface area contributed by atoms with E-state index < -0.39 is 6.03 Å². The minimum atomic E-state index is -0.430. The predicted molar refractivity (Wildman–Crippen MR) is 88.3 cm³/mol. The quantitative estimate of drug-likeness (QED) is 0.277. The molecular formula is C15H24ClN5O. The van der Waals surface area contributed by atoms with Crippen LogP contribution in [0.4, 0.5) is 4.79 Å². The van der Waals surface area contributed by atoms with Crippen molar-refractivity contribution in [2.45, 2.75) is 25.2 Å². The molecule has 1 heterocycles. The van der Waals surface area contributed by atoms with Gasteiger partial charge in [0.2, 0.25) is 0 Å². The molecule has 2 amide bonds. The predicted octanol–water partition coefficient (Wildman–Crippen LogP) is 1.59. The molecule has 1 aliphatic heterocycles. The summed E-state index contributed by atoms with van der Waals surface area (Å²) < 4.78 is 0. The SMILES string of the molecule is NNC(=O)NNCCCN1CCC(c2ccccc2Cl)CC1. The number of hydrogen-bond acceptors (Lipinski definition) is 4. The molecule has 0 aromatic heterocycles. The number of amides is 2. The minimum Gasteiger partial charge on any atom is -0.303 e. The lowest BCUT2D eigenvalue weighted by atomic mass is 9.89. The van der Waals surface area contributed by atoms with Gasteiger partial charge in [-0.2, -0.15) is 0 Å². The van der Waals surface area contributed by atoms with Gasteiger partial charge in [-0.25, -0.2) is 16.1 Å². The number of piperidine rings is 1. The average molecular weight is 326 g/mol. The lowest BCUT2D eigenvalue weighted by molar-refractivity contribution is 0.208. The van der Waals surface area contributed by atoms with Crippen LogP contribution in [0.15, 0.2) is 24.3 Å². The Bertz CT molecular complexity index is 477. The third kappa shape index (κ3) is 5.14. The summed E-state index contributed by atoms with van der Waals surface area (Å²) >= 11 is 6.28. The molecule has 1 aromatic rings. The van der Waals surface area contributed by atoms with Gasteiger partial charge in [0, 0.05) is 11.6 Å². The fraction of sp³-hybridized carbons (Fsp3) is 0.533. The summed E-state index contributed by atoms with van der Waals surface area (Å²) in [6, 6.07) is 7.72. The number of likely N-dealkylation sites (tertiary alicyclic amines) is 1. The van der Waals surface area contributed by atoms with Gasteiger partial charge in [0.1, 0.15) is 0 Å². The molecule has 122 valence electrons. The summed E-state index contributed by atoms with van der Waals surface area (Å²) in [5.74, 6) is 5.52. The molecule has 0 spiro atoms. The maximum atomic E-state index is 10.8. The summed E-state index contributed by atoms with van der Waals surface area (Å²) in [5, 5.41) is 0.884. The summed E-state index contributed by atoms with van der Waals surface area (Å²) in [6.45, 7) is 3.92. The van der Waals surface area contributed by atoms with E-state index >= 15 is 0 Å². The average Bonchev–Trinajstić information content (AvgIpc) is 2.55. The van der Waals surface area contributed by atoms with Gasteiger partial charge in [-0.05, 0) is 56.4 Å². The summed E-state index contributed by atoms with van der Waals surface area (Å²) in [7, 11) is 0. The lowest BCUT2D eigenvalue weighted by Crippen LogP contribution is -2.47. The van der Waals surface area contributed by atoms with Crippen LogP contribution in [-0.2, 0) is 0 Å². The maximum absolute atomic E-state index is 10.8. The van der Waals surface area contributed by atoms with Crippen LogP contribution >= 0.6 is 11.6 Å². The van der Waals surface area contributed by atoms with Gasteiger partial charge in [-0.3, -0.25) is 10.9 Å². The monoisotopic (exact) mass is 325 g/mol. The zero-order valence-electron chi connectivity index (χ0n) is 12.6. The topological polar surface area (TPSA) is 82.4 Å². The van der Waals surface area contributed by atoms with Crippen LogP contribution in [0.1, 0.15) is 30.7 Å². The van der Waals surface area contributed by atoms with E-state index in [1.807, 2.05) is 17.6 Å². The van der Waals surface area contributed by atoms with E-state index in [9.17, 15) is 4.79 Å². The molecule has 0 atom stereocenters. The number of carbonyl (C=O) groups is 1. The summed E-state index contributed by atoms with van der Waals surface area (Å²) in [5.41, 5.74) is 8.55. The zero-order chi connectivity index (χ0) is 15.8. The van der Waals surface area contributed by atoms with Crippen molar-refractivity contribution in [3.63, 3.8) is 0 Å². The number of rotatable bonds is 6. The molecule has 1 fully saturated rings. The van der Waals surface area contributed by atoms with Gasteiger partial charge >= 0.3 is 6.03 Å². The Hall–Kier alpha value is -1.34. The smallest absolute Gasteiger partial charge is 0.303 e. The van der Waals surface area contributed by atoms with E-state index in [0.29, 0.717) is 5.92 Å². The van der Waals surface area contributed by atoms with Gasteiger partial charge in [0.05, 0.1) is 0 Å². The Morgan fingerprint density at radius 2 is 2.05 bits per heavy atom. The van der Waals surface area contributed by atoms with Crippen molar-refractivity contribution in [2.75, 3.05) is 26.2 Å². The molecule has 1 saturated heterocycles. The van der Waals surface area contributed by atoms with E-state index in [-0.39, 0.29) is 0 Å². The summed E-state index contributed by atoms with van der Waals surface area (Å²) in [6.07, 6.45) is 3.26. The van der Waals surface area contributed by atoms with Gasteiger partial charge in [-0.15, -0.1) is 0 Å². The number of halogens is 1. The Balaban J connectivity index is 1.63. The molecule has 0 radical (unpaired) electrons. The number of nitrogens with zero attached hydrogens (tertiary/aromatic N) is 1. The van der Waals surface area contributed by atoms with Gasteiger partial charge in [0.15, 0.2) is 0 Å². The van der Waals surface area contributed by atoms with Crippen LogP contribution in [0, 0.1) is 0 Å². The maximum Gasteiger partial charge on any atom is 0.343 e. The highest BCUT2D eigenvalue weighted by Crippen LogP contribution is 2.32. The Labute approximate surface area is 136 Å². The largest absolute Gasteiger partial charge is 0.343 e. The highest BCUT2D eigenvalue weighted by molar-refractivity contribution is 6.31. The number of hydrazine groups is 2. The molecule has 22 heavy (non-hydrogen) atoms. The number of hydrogen-bond donors (Lipinski definition) is 4. The molecule has 1 aliphatic rings. The van der Waals surface area contributed by atoms with Crippen LogP contribution in [-0.4, -0.2) is 37.1 Å². The second kappa shape index (κ2) is 8.95. The molecule has 0 bridgehead atoms. The Kier molecular flexibility index (Phi) is 6.92. The molecule has 7 heteroatoms. The number of carbonyl (C=O) groups excluding carboxylic acids is 1. The van der Waals surface area contributed by atoms with Crippen LogP contribution in [0.25, 0.3) is 0 Å². The van der Waals surface area contributed by atoms with Gasteiger partial charge < -0.3 is 4.90 Å². The number of urea groups is 1. The van der Waals surface area contributed by atoms with E-state index in [4.69, 9.17) is 17.4 Å². The van der Waals surface area contributed by atoms with Crippen LogP contribution in [0.2, 0.25) is 5.02 Å². The van der Waals surface area contributed by atoms with Crippen LogP contribution in [0.5, 0.6) is 0 Å². The number of nitrogens with one attached hydrogen (secondary N) is 3. The zero-order valence-corrected chi connectivity index (χ0v) is 13.4. The molecule has 2 rings (SSSR count). The van der Waals surface area contributed by atoms with Crippen molar-refractivity contribution in [1.29, 1.82) is 0 Å². The first-order valence-electron chi connectivity index (χ1n) is 7.67. The second-order valence-corrected chi connectivity index (χ2v) is 5.92. The van der Waals surface area contributed by atoms with Gasteiger partial charge in [0.25, 0.3) is 0 Å². The highest BCUT2D eigenvalue weighted by Gasteiger charge is 2.21. The van der Waals surface area contributed by atoms with Crippen molar-refractivity contribution in [2.24, 2.45) is 5.84 Å². The molecule has 6 nitrogen and oxygen atoms in total. The third-order valence-corrected chi connectivity index (χ3v) is 4.39.